The third-order valence-electron chi connectivity index (χ3n) is 4.57. The second-order valence-corrected chi connectivity index (χ2v) is 5.66. The number of rotatable bonds is 2. The highest BCUT2D eigenvalue weighted by molar-refractivity contribution is 5.48. The summed E-state index contributed by atoms with van der Waals surface area (Å²) in [5.74, 6) is 0.722. The molecule has 2 aliphatic rings. The number of nitrogens with one attached hydrogen (secondary N) is 1. The molecule has 0 radical (unpaired) electrons. The third kappa shape index (κ3) is 1.80. The van der Waals surface area contributed by atoms with Crippen LogP contribution in [0.15, 0.2) is 30.7 Å². The van der Waals surface area contributed by atoms with Crippen LogP contribution in [0.25, 0.3) is 5.69 Å². The Kier molecular flexibility index (Phi) is 2.66. The quantitative estimate of drug-likeness (QED) is 0.892. The number of benzene rings is 1. The molecule has 0 atom stereocenters. The van der Waals surface area contributed by atoms with Crippen molar-refractivity contribution in [3.05, 3.63) is 47.5 Å². The molecule has 0 amide bonds. The summed E-state index contributed by atoms with van der Waals surface area (Å²) >= 11 is 0. The van der Waals surface area contributed by atoms with Gasteiger partial charge in [0.15, 0.2) is 0 Å². The fraction of sp³-hybridized carbons (Fsp3) is 0.438. The maximum absolute atomic E-state index is 4.40. The van der Waals surface area contributed by atoms with Gasteiger partial charge in [-0.3, -0.25) is 0 Å². The van der Waals surface area contributed by atoms with Gasteiger partial charge < -0.3 is 9.88 Å². The van der Waals surface area contributed by atoms with Crippen LogP contribution in [0.2, 0.25) is 0 Å². The molecule has 0 saturated heterocycles. The Morgan fingerprint density at radius 2 is 2.21 bits per heavy atom. The van der Waals surface area contributed by atoms with Crippen molar-refractivity contribution in [1.82, 2.24) is 14.9 Å². The van der Waals surface area contributed by atoms with Gasteiger partial charge in [-0.25, -0.2) is 4.98 Å². The van der Waals surface area contributed by atoms with Crippen molar-refractivity contribution in [3.8, 4) is 5.69 Å². The summed E-state index contributed by atoms with van der Waals surface area (Å²) in [6.45, 7) is 2.08. The molecule has 98 valence electrons. The normalized spacial score (nSPS) is 18.9. The first-order valence-electron chi connectivity index (χ1n) is 7.27. The predicted octanol–water partition coefficient (Wildman–Crippen LogP) is 2.79. The standard InChI is InChI=1S/C16H19N3/c1-3-12(4-1)16-10-18-11-19(16)15-6-2-5-13-9-17-8-7-14(13)15/h2,5-6,10-12,17H,1,3-4,7-9H2. The molecule has 0 unspecified atom stereocenters. The monoisotopic (exact) mass is 253 g/mol. The second kappa shape index (κ2) is 4.49. The Bertz CT molecular complexity index is 596. The molecule has 2 aromatic rings. The zero-order valence-corrected chi connectivity index (χ0v) is 11.1. The van der Waals surface area contributed by atoms with E-state index in [0.29, 0.717) is 0 Å². The zero-order valence-electron chi connectivity index (χ0n) is 11.1. The van der Waals surface area contributed by atoms with Crippen LogP contribution in [0.3, 0.4) is 0 Å². The summed E-state index contributed by atoms with van der Waals surface area (Å²) < 4.78 is 2.33. The number of hydrogen-bond donors (Lipinski definition) is 1. The number of imidazole rings is 1. The SMILES string of the molecule is c1cc2c(c(-n3cncc3C3CCC3)c1)CCNC2. The lowest BCUT2D eigenvalue weighted by Gasteiger charge is -2.28. The maximum Gasteiger partial charge on any atom is 0.0994 e. The first-order valence-corrected chi connectivity index (χ1v) is 7.27. The van der Waals surface area contributed by atoms with E-state index in [1.165, 1.54) is 41.8 Å². The van der Waals surface area contributed by atoms with Gasteiger partial charge in [0.05, 0.1) is 12.0 Å². The topological polar surface area (TPSA) is 29.9 Å². The van der Waals surface area contributed by atoms with Crippen molar-refractivity contribution >= 4 is 0 Å². The van der Waals surface area contributed by atoms with E-state index in [-0.39, 0.29) is 0 Å². The van der Waals surface area contributed by atoms with E-state index in [2.05, 4.69) is 39.3 Å². The maximum atomic E-state index is 4.40. The van der Waals surface area contributed by atoms with Crippen LogP contribution in [0, 0.1) is 0 Å². The molecule has 4 rings (SSSR count). The molecule has 1 aromatic heterocycles. The smallest absolute Gasteiger partial charge is 0.0994 e. The Labute approximate surface area is 113 Å². The Morgan fingerprint density at radius 1 is 1.26 bits per heavy atom. The van der Waals surface area contributed by atoms with Crippen LogP contribution in [0.4, 0.5) is 0 Å². The van der Waals surface area contributed by atoms with Crippen molar-refractivity contribution < 1.29 is 0 Å². The predicted molar refractivity (Wildman–Crippen MR) is 75.6 cm³/mol. The molecule has 0 spiro atoms. The lowest BCUT2D eigenvalue weighted by atomic mass is 9.83. The molecule has 19 heavy (non-hydrogen) atoms. The van der Waals surface area contributed by atoms with Gasteiger partial charge in [-0.1, -0.05) is 18.6 Å². The first kappa shape index (κ1) is 11.2. The van der Waals surface area contributed by atoms with Crippen LogP contribution in [0.5, 0.6) is 0 Å². The molecule has 1 aliphatic heterocycles. The highest BCUT2D eigenvalue weighted by Gasteiger charge is 2.24. The van der Waals surface area contributed by atoms with E-state index >= 15 is 0 Å². The highest BCUT2D eigenvalue weighted by atomic mass is 15.1. The lowest BCUT2D eigenvalue weighted by Crippen LogP contribution is -2.25. The second-order valence-electron chi connectivity index (χ2n) is 5.66. The Hall–Kier alpha value is -1.61. The van der Waals surface area contributed by atoms with Gasteiger partial charge in [0.2, 0.25) is 0 Å². The summed E-state index contributed by atoms with van der Waals surface area (Å²) in [6, 6.07) is 6.66. The Balaban J connectivity index is 1.82. The van der Waals surface area contributed by atoms with Gasteiger partial charge >= 0.3 is 0 Å². The molecule has 1 fully saturated rings. The van der Waals surface area contributed by atoms with Crippen molar-refractivity contribution in [1.29, 1.82) is 0 Å². The van der Waals surface area contributed by atoms with Crippen LogP contribution >= 0.6 is 0 Å². The van der Waals surface area contributed by atoms with Crippen molar-refractivity contribution in [2.75, 3.05) is 6.54 Å². The number of fused-ring (bicyclic) bond motifs is 1. The van der Waals surface area contributed by atoms with E-state index in [0.717, 1.165) is 25.4 Å². The molecule has 0 bridgehead atoms. The summed E-state index contributed by atoms with van der Waals surface area (Å²) in [7, 11) is 0. The molecule has 3 nitrogen and oxygen atoms in total. The minimum Gasteiger partial charge on any atom is -0.312 e. The molecular formula is C16H19N3. The molecule has 1 N–H and O–H groups in total. The number of nitrogens with zero attached hydrogens (tertiary/aromatic N) is 2. The summed E-state index contributed by atoms with van der Waals surface area (Å²) in [4.78, 5) is 4.40. The molecule has 2 heterocycles. The molecule has 3 heteroatoms. The average molecular weight is 253 g/mol. The van der Waals surface area contributed by atoms with Gasteiger partial charge in [-0.05, 0) is 43.0 Å². The summed E-state index contributed by atoms with van der Waals surface area (Å²) in [5.41, 5.74) is 5.69. The first-order chi connectivity index (χ1) is 9.43. The van der Waals surface area contributed by atoms with E-state index in [1.807, 2.05) is 6.33 Å². The van der Waals surface area contributed by atoms with Crippen LogP contribution in [-0.4, -0.2) is 16.1 Å². The molecular weight excluding hydrogens is 234 g/mol. The van der Waals surface area contributed by atoms with Crippen molar-refractivity contribution in [2.45, 2.75) is 38.1 Å². The van der Waals surface area contributed by atoms with Gasteiger partial charge in [0.25, 0.3) is 0 Å². The van der Waals surface area contributed by atoms with Gasteiger partial charge in [0.1, 0.15) is 0 Å². The van der Waals surface area contributed by atoms with Crippen molar-refractivity contribution in [2.24, 2.45) is 0 Å². The van der Waals surface area contributed by atoms with Crippen LogP contribution in [-0.2, 0) is 13.0 Å². The largest absolute Gasteiger partial charge is 0.312 e. The van der Waals surface area contributed by atoms with Gasteiger partial charge in [-0.15, -0.1) is 0 Å². The fourth-order valence-electron chi connectivity index (χ4n) is 3.25. The zero-order chi connectivity index (χ0) is 12.7. The van der Waals surface area contributed by atoms with E-state index in [4.69, 9.17) is 0 Å². The van der Waals surface area contributed by atoms with Crippen LogP contribution < -0.4 is 5.32 Å². The van der Waals surface area contributed by atoms with E-state index < -0.39 is 0 Å². The third-order valence-corrected chi connectivity index (χ3v) is 4.57. The van der Waals surface area contributed by atoms with Gasteiger partial charge in [-0.2, -0.15) is 0 Å². The fourth-order valence-corrected chi connectivity index (χ4v) is 3.25. The molecule has 1 aromatic carbocycles. The molecule has 1 aliphatic carbocycles. The van der Waals surface area contributed by atoms with E-state index in [9.17, 15) is 0 Å². The average Bonchev–Trinajstić information content (AvgIpc) is 2.85. The van der Waals surface area contributed by atoms with Crippen LogP contribution in [0.1, 0.15) is 42.0 Å². The Morgan fingerprint density at radius 3 is 3.05 bits per heavy atom. The molecule has 1 saturated carbocycles. The summed E-state index contributed by atoms with van der Waals surface area (Å²) in [5, 5.41) is 3.45. The van der Waals surface area contributed by atoms with Gasteiger partial charge in [0, 0.05) is 24.4 Å². The highest BCUT2D eigenvalue weighted by Crippen LogP contribution is 2.37. The minimum absolute atomic E-state index is 0.722. The number of aromatic nitrogens is 2. The van der Waals surface area contributed by atoms with E-state index in [1.54, 1.807) is 0 Å². The number of hydrogen-bond acceptors (Lipinski definition) is 2. The van der Waals surface area contributed by atoms with Crippen molar-refractivity contribution in [3.63, 3.8) is 0 Å². The summed E-state index contributed by atoms with van der Waals surface area (Å²) in [6.07, 6.45) is 9.18. The minimum atomic E-state index is 0.722. The lowest BCUT2D eigenvalue weighted by molar-refractivity contribution is 0.406.